The van der Waals surface area contributed by atoms with Crippen molar-refractivity contribution in [2.75, 3.05) is 6.54 Å². The largest absolute Gasteiger partial charge is 0.573 e. The quantitative estimate of drug-likeness (QED) is 0.818. The molecule has 0 saturated heterocycles. The van der Waals surface area contributed by atoms with E-state index >= 15 is 0 Å². The normalized spacial score (nSPS) is 11.9. The molecule has 0 fully saturated rings. The highest BCUT2D eigenvalue weighted by Gasteiger charge is 2.32. The second kappa shape index (κ2) is 7.77. The first-order valence-corrected chi connectivity index (χ1v) is 8.01. The number of aromatic hydroxyl groups is 1. The van der Waals surface area contributed by atoms with Crippen molar-refractivity contribution in [3.05, 3.63) is 30.6 Å². The Labute approximate surface area is 153 Å². The van der Waals surface area contributed by atoms with Gasteiger partial charge in [0.1, 0.15) is 5.60 Å². The molecule has 2 aromatic rings. The molecule has 1 heterocycles. The smallest absolute Gasteiger partial charge is 0.504 e. The molecular weight excluding hydrogens is 367 g/mol. The van der Waals surface area contributed by atoms with Crippen LogP contribution in [0.4, 0.5) is 18.0 Å². The molecule has 2 N–H and O–H groups in total. The van der Waals surface area contributed by atoms with E-state index in [-0.39, 0.29) is 6.54 Å². The van der Waals surface area contributed by atoms with Crippen LogP contribution in [0.15, 0.2) is 30.6 Å². The predicted octanol–water partition coefficient (Wildman–Crippen LogP) is 3.68. The number of alkyl carbamates (subject to hydrolysis) is 1. The van der Waals surface area contributed by atoms with E-state index < -0.39 is 29.6 Å². The van der Waals surface area contributed by atoms with Crippen molar-refractivity contribution in [2.45, 2.75) is 39.3 Å². The first-order chi connectivity index (χ1) is 12.4. The molecule has 0 saturated carbocycles. The maximum atomic E-state index is 12.4. The van der Waals surface area contributed by atoms with Crippen LogP contribution in [0, 0.1) is 0 Å². The van der Waals surface area contributed by atoms with Gasteiger partial charge in [0.2, 0.25) is 0 Å². The molecule has 7 nitrogen and oxygen atoms in total. The number of carbonyl (C=O) groups is 1. The number of benzene rings is 1. The zero-order valence-corrected chi connectivity index (χ0v) is 15.0. The van der Waals surface area contributed by atoms with Crippen LogP contribution in [-0.2, 0) is 11.3 Å². The summed E-state index contributed by atoms with van der Waals surface area (Å²) in [5, 5.41) is 16.2. The number of ether oxygens (including phenoxy) is 2. The average molecular weight is 387 g/mol. The Morgan fingerprint density at radius 3 is 2.59 bits per heavy atom. The number of alkyl halides is 3. The van der Waals surface area contributed by atoms with E-state index in [4.69, 9.17) is 4.74 Å². The summed E-state index contributed by atoms with van der Waals surface area (Å²) in [6.45, 7) is 5.85. The van der Waals surface area contributed by atoms with Crippen LogP contribution in [-0.4, -0.2) is 39.5 Å². The molecule has 148 valence electrons. The Bertz CT molecular complexity index is 797. The molecule has 1 aromatic carbocycles. The second-order valence-corrected chi connectivity index (χ2v) is 6.65. The number of phenols is 1. The first-order valence-electron chi connectivity index (χ1n) is 8.01. The van der Waals surface area contributed by atoms with Gasteiger partial charge in [-0.05, 0) is 38.5 Å². The molecule has 0 aliphatic heterocycles. The van der Waals surface area contributed by atoms with Crippen LogP contribution < -0.4 is 10.1 Å². The minimum Gasteiger partial charge on any atom is -0.504 e. The number of amides is 1. The maximum absolute atomic E-state index is 12.4. The van der Waals surface area contributed by atoms with Gasteiger partial charge in [0.05, 0.1) is 12.7 Å². The van der Waals surface area contributed by atoms with Gasteiger partial charge in [-0.3, -0.25) is 4.68 Å². The minimum atomic E-state index is -4.91. The van der Waals surface area contributed by atoms with E-state index in [0.29, 0.717) is 17.7 Å². The van der Waals surface area contributed by atoms with Crippen molar-refractivity contribution in [3.63, 3.8) is 0 Å². The molecule has 0 aliphatic carbocycles. The summed E-state index contributed by atoms with van der Waals surface area (Å²) in [5.41, 5.74) is 0.315. The zero-order valence-electron chi connectivity index (χ0n) is 15.0. The average Bonchev–Trinajstić information content (AvgIpc) is 2.95. The predicted molar refractivity (Wildman–Crippen MR) is 90.2 cm³/mol. The highest BCUT2D eigenvalue weighted by Crippen LogP contribution is 2.35. The van der Waals surface area contributed by atoms with Crippen molar-refractivity contribution in [1.82, 2.24) is 15.1 Å². The third-order valence-electron chi connectivity index (χ3n) is 3.16. The van der Waals surface area contributed by atoms with E-state index in [1.807, 2.05) is 0 Å². The van der Waals surface area contributed by atoms with Gasteiger partial charge in [-0.1, -0.05) is 6.07 Å². The molecule has 10 heteroatoms. The van der Waals surface area contributed by atoms with Crippen molar-refractivity contribution in [2.24, 2.45) is 0 Å². The van der Waals surface area contributed by atoms with Crippen molar-refractivity contribution in [1.29, 1.82) is 0 Å². The summed E-state index contributed by atoms with van der Waals surface area (Å²) in [6, 6.07) is 3.62. The van der Waals surface area contributed by atoms with Gasteiger partial charge in [-0.25, -0.2) is 4.79 Å². The van der Waals surface area contributed by atoms with Gasteiger partial charge in [0.15, 0.2) is 11.5 Å². The number of hydrogen-bond acceptors (Lipinski definition) is 5. The van der Waals surface area contributed by atoms with Gasteiger partial charge in [0.25, 0.3) is 0 Å². The number of nitrogens with one attached hydrogen (secondary N) is 1. The van der Waals surface area contributed by atoms with Crippen LogP contribution in [0.2, 0.25) is 0 Å². The molecule has 0 bridgehead atoms. The summed E-state index contributed by atoms with van der Waals surface area (Å²) in [7, 11) is 0. The standard InChI is InChI=1S/C17H20F3N3O4/c1-16(2,3)27-15(25)21-6-7-23-10-12(9-22-23)11-4-5-13(24)14(8-11)26-17(18,19)20/h4-5,8-10,24H,6-7H2,1-3H3,(H,21,25). The van der Waals surface area contributed by atoms with Crippen LogP contribution in [0.5, 0.6) is 11.5 Å². The summed E-state index contributed by atoms with van der Waals surface area (Å²) in [4.78, 5) is 11.6. The fraction of sp³-hybridized carbons (Fsp3) is 0.412. The van der Waals surface area contributed by atoms with Gasteiger partial charge in [-0.15, -0.1) is 13.2 Å². The molecule has 0 unspecified atom stereocenters. The minimum absolute atomic E-state index is 0.258. The lowest BCUT2D eigenvalue weighted by molar-refractivity contribution is -0.275. The molecule has 0 atom stereocenters. The Morgan fingerprint density at radius 1 is 1.26 bits per heavy atom. The number of carbonyl (C=O) groups excluding carboxylic acids is 1. The van der Waals surface area contributed by atoms with E-state index in [9.17, 15) is 23.1 Å². The number of hydrogen-bond donors (Lipinski definition) is 2. The summed E-state index contributed by atoms with van der Waals surface area (Å²) in [5.74, 6) is -1.32. The molecule has 1 aromatic heterocycles. The first kappa shape index (κ1) is 20.4. The fourth-order valence-corrected chi connectivity index (χ4v) is 2.12. The van der Waals surface area contributed by atoms with Gasteiger partial charge in [-0.2, -0.15) is 5.10 Å². The Hall–Kier alpha value is -2.91. The molecule has 0 radical (unpaired) electrons. The van der Waals surface area contributed by atoms with Crippen molar-refractivity contribution in [3.8, 4) is 22.6 Å². The number of rotatable bonds is 5. The lowest BCUT2D eigenvalue weighted by atomic mass is 10.1. The Kier molecular flexibility index (Phi) is 5.87. The lowest BCUT2D eigenvalue weighted by Crippen LogP contribution is -2.34. The van der Waals surface area contributed by atoms with E-state index in [0.717, 1.165) is 12.1 Å². The third kappa shape index (κ3) is 6.72. The van der Waals surface area contributed by atoms with Gasteiger partial charge >= 0.3 is 12.5 Å². The van der Waals surface area contributed by atoms with E-state index in [1.165, 1.54) is 16.9 Å². The highest BCUT2D eigenvalue weighted by molar-refractivity contribution is 5.67. The van der Waals surface area contributed by atoms with Crippen LogP contribution in [0.25, 0.3) is 11.1 Å². The third-order valence-corrected chi connectivity index (χ3v) is 3.16. The van der Waals surface area contributed by atoms with Gasteiger partial charge < -0.3 is 19.9 Å². The number of halogens is 3. The molecule has 2 rings (SSSR count). The Balaban J connectivity index is 1.99. The van der Waals surface area contributed by atoms with Crippen molar-refractivity contribution < 1.29 is 32.5 Å². The zero-order chi connectivity index (χ0) is 20.2. The number of aromatic nitrogens is 2. The number of phenolic OH excluding ortho intramolecular Hbond substituents is 1. The molecule has 27 heavy (non-hydrogen) atoms. The van der Waals surface area contributed by atoms with E-state index in [2.05, 4.69) is 15.2 Å². The second-order valence-electron chi connectivity index (χ2n) is 6.65. The van der Waals surface area contributed by atoms with Gasteiger partial charge in [0, 0.05) is 18.3 Å². The monoisotopic (exact) mass is 387 g/mol. The van der Waals surface area contributed by atoms with Crippen LogP contribution in [0.1, 0.15) is 20.8 Å². The number of nitrogens with zero attached hydrogens (tertiary/aromatic N) is 2. The maximum Gasteiger partial charge on any atom is 0.573 e. The van der Waals surface area contributed by atoms with Crippen LogP contribution in [0.3, 0.4) is 0 Å². The molecule has 1 amide bonds. The summed E-state index contributed by atoms with van der Waals surface area (Å²) in [6.07, 6.45) is -2.41. The molecule has 0 spiro atoms. The topological polar surface area (TPSA) is 85.6 Å². The van der Waals surface area contributed by atoms with E-state index in [1.54, 1.807) is 27.0 Å². The Morgan fingerprint density at radius 2 is 1.96 bits per heavy atom. The molecular formula is C17H20F3N3O4. The SMILES string of the molecule is CC(C)(C)OC(=O)NCCn1cc(-c2ccc(O)c(OC(F)(F)F)c2)cn1. The summed E-state index contributed by atoms with van der Waals surface area (Å²) < 4.78 is 47.5. The summed E-state index contributed by atoms with van der Waals surface area (Å²) >= 11 is 0. The van der Waals surface area contributed by atoms with Crippen LogP contribution >= 0.6 is 0 Å². The fourth-order valence-electron chi connectivity index (χ4n) is 2.12. The lowest BCUT2D eigenvalue weighted by Gasteiger charge is -2.19. The molecule has 0 aliphatic rings. The van der Waals surface area contributed by atoms with Crippen molar-refractivity contribution >= 4 is 6.09 Å². The highest BCUT2D eigenvalue weighted by atomic mass is 19.4.